The number of hydrogen-bond donors (Lipinski definition) is 0. The minimum atomic E-state index is -0.353. The largest absolute Gasteiger partial charge is 0.295 e. The van der Waals surface area contributed by atoms with Crippen molar-refractivity contribution in [1.29, 1.82) is 0 Å². The molecule has 2 fully saturated rings. The molecule has 146 valence electrons. The van der Waals surface area contributed by atoms with Gasteiger partial charge in [0.15, 0.2) is 11.6 Å². The van der Waals surface area contributed by atoms with Crippen LogP contribution >= 0.6 is 0 Å². The number of rotatable bonds is 4. The zero-order chi connectivity index (χ0) is 19.7. The minimum Gasteiger partial charge on any atom is -0.295 e. The molecular weight excluding hydrogens is 352 g/mol. The summed E-state index contributed by atoms with van der Waals surface area (Å²) in [4.78, 5) is 40.8. The maximum atomic E-state index is 13.3. The topological polar surface area (TPSA) is 76.1 Å². The fourth-order valence-electron chi connectivity index (χ4n) is 4.77. The van der Waals surface area contributed by atoms with Crippen molar-refractivity contribution in [1.82, 2.24) is 15.0 Å². The number of carbonyl (C=O) groups excluding carboxylic acids is 2. The summed E-state index contributed by atoms with van der Waals surface area (Å²) in [5.41, 5.74) is 1.85. The lowest BCUT2D eigenvalue weighted by atomic mass is 9.67. The number of ketones is 1. The molecule has 0 radical (unpaired) electrons. The normalized spacial score (nSPS) is 24.7. The van der Waals surface area contributed by atoms with Crippen molar-refractivity contribution in [3.8, 4) is 0 Å². The van der Waals surface area contributed by atoms with Crippen LogP contribution in [0.3, 0.4) is 0 Å². The Morgan fingerprint density at radius 1 is 1.18 bits per heavy atom. The SMILES string of the molecule is Cc1cccc(C(=O)C[C@H]2CCC[C@]3(CCN(c4cncc(C)n4)C3=O)C2)n1. The van der Waals surface area contributed by atoms with E-state index in [9.17, 15) is 9.59 Å². The Hall–Kier alpha value is -2.63. The molecule has 0 N–H and O–H groups in total. The van der Waals surface area contributed by atoms with Gasteiger partial charge in [-0.2, -0.15) is 0 Å². The predicted octanol–water partition coefficient (Wildman–Crippen LogP) is 3.67. The predicted molar refractivity (Wildman–Crippen MR) is 106 cm³/mol. The highest BCUT2D eigenvalue weighted by Gasteiger charge is 2.50. The summed E-state index contributed by atoms with van der Waals surface area (Å²) in [6.45, 7) is 4.46. The first-order chi connectivity index (χ1) is 13.5. The summed E-state index contributed by atoms with van der Waals surface area (Å²) in [6, 6.07) is 5.55. The van der Waals surface area contributed by atoms with E-state index < -0.39 is 0 Å². The van der Waals surface area contributed by atoms with Crippen molar-refractivity contribution in [2.45, 2.75) is 52.4 Å². The molecule has 1 amide bonds. The van der Waals surface area contributed by atoms with Crippen LogP contribution in [0.5, 0.6) is 0 Å². The first-order valence-electron chi connectivity index (χ1n) is 10.0. The number of amides is 1. The van der Waals surface area contributed by atoms with Crippen molar-refractivity contribution < 1.29 is 9.59 Å². The van der Waals surface area contributed by atoms with E-state index in [4.69, 9.17) is 0 Å². The second-order valence-electron chi connectivity index (χ2n) is 8.26. The molecule has 3 heterocycles. The van der Waals surface area contributed by atoms with Gasteiger partial charge in [0.1, 0.15) is 5.69 Å². The quantitative estimate of drug-likeness (QED) is 0.759. The zero-order valence-corrected chi connectivity index (χ0v) is 16.5. The molecule has 1 aliphatic heterocycles. The van der Waals surface area contributed by atoms with Crippen LogP contribution in [0.1, 0.15) is 60.4 Å². The molecule has 2 atom stereocenters. The van der Waals surface area contributed by atoms with Crippen molar-refractivity contribution in [3.63, 3.8) is 0 Å². The number of anilines is 1. The van der Waals surface area contributed by atoms with Gasteiger partial charge in [0.05, 0.1) is 17.3 Å². The van der Waals surface area contributed by atoms with E-state index in [2.05, 4.69) is 15.0 Å². The Balaban J connectivity index is 1.47. The molecule has 6 heteroatoms. The van der Waals surface area contributed by atoms with Gasteiger partial charge in [0.2, 0.25) is 5.91 Å². The third kappa shape index (κ3) is 3.55. The number of pyridine rings is 1. The van der Waals surface area contributed by atoms with Crippen molar-refractivity contribution in [2.75, 3.05) is 11.4 Å². The van der Waals surface area contributed by atoms with Gasteiger partial charge in [-0.15, -0.1) is 0 Å². The van der Waals surface area contributed by atoms with Gasteiger partial charge in [0.25, 0.3) is 0 Å². The average Bonchev–Trinajstić information content (AvgIpc) is 2.97. The molecule has 1 saturated heterocycles. The third-order valence-electron chi connectivity index (χ3n) is 6.13. The molecule has 2 aromatic heterocycles. The molecular formula is C22H26N4O2. The van der Waals surface area contributed by atoms with Crippen LogP contribution in [0, 0.1) is 25.2 Å². The van der Waals surface area contributed by atoms with E-state index in [-0.39, 0.29) is 23.0 Å². The van der Waals surface area contributed by atoms with Gasteiger partial charge in [-0.25, -0.2) is 4.98 Å². The molecule has 0 bridgehead atoms. The monoisotopic (exact) mass is 378 g/mol. The Morgan fingerprint density at radius 3 is 2.82 bits per heavy atom. The first kappa shape index (κ1) is 18.7. The van der Waals surface area contributed by atoms with Crippen LogP contribution in [-0.2, 0) is 4.79 Å². The molecule has 4 rings (SSSR count). The lowest BCUT2D eigenvalue weighted by Crippen LogP contribution is -2.39. The van der Waals surface area contributed by atoms with Gasteiger partial charge in [-0.3, -0.25) is 24.5 Å². The molecule has 0 unspecified atom stereocenters. The van der Waals surface area contributed by atoms with Crippen molar-refractivity contribution in [2.24, 2.45) is 11.3 Å². The number of aromatic nitrogens is 3. The molecule has 2 aliphatic rings. The second kappa shape index (κ2) is 7.41. The maximum absolute atomic E-state index is 13.3. The van der Waals surface area contributed by atoms with Gasteiger partial charge >= 0.3 is 0 Å². The lowest BCUT2D eigenvalue weighted by molar-refractivity contribution is -0.128. The molecule has 1 spiro atoms. The highest BCUT2D eigenvalue weighted by atomic mass is 16.2. The van der Waals surface area contributed by atoms with E-state index >= 15 is 0 Å². The highest BCUT2D eigenvalue weighted by molar-refractivity contribution is 5.99. The Labute approximate surface area is 165 Å². The van der Waals surface area contributed by atoms with Crippen LogP contribution in [0.25, 0.3) is 0 Å². The number of carbonyl (C=O) groups is 2. The van der Waals surface area contributed by atoms with E-state index in [1.54, 1.807) is 23.4 Å². The van der Waals surface area contributed by atoms with Crippen LogP contribution in [0.2, 0.25) is 0 Å². The fourth-order valence-corrected chi connectivity index (χ4v) is 4.77. The van der Waals surface area contributed by atoms with Gasteiger partial charge in [-0.05, 0) is 57.6 Å². The van der Waals surface area contributed by atoms with Crippen LogP contribution in [0.15, 0.2) is 30.6 Å². The minimum absolute atomic E-state index is 0.0811. The zero-order valence-electron chi connectivity index (χ0n) is 16.5. The Morgan fingerprint density at radius 2 is 2.04 bits per heavy atom. The molecule has 2 aromatic rings. The standard InChI is InChI=1S/C22H26N4O2/c1-15-5-3-7-18(24-15)19(27)11-17-6-4-8-22(12-17)9-10-26(21(22)28)20-14-23-13-16(2)25-20/h3,5,7,13-14,17H,4,6,8-12H2,1-2H3/t17-,22+/m1/s1. The van der Waals surface area contributed by atoms with E-state index in [1.807, 2.05) is 26.0 Å². The van der Waals surface area contributed by atoms with E-state index in [0.717, 1.165) is 43.5 Å². The van der Waals surface area contributed by atoms with E-state index in [0.29, 0.717) is 24.5 Å². The van der Waals surface area contributed by atoms with E-state index in [1.165, 1.54) is 0 Å². The molecule has 1 saturated carbocycles. The van der Waals surface area contributed by atoms with Gasteiger partial charge in [-0.1, -0.05) is 12.5 Å². The summed E-state index contributed by atoms with van der Waals surface area (Å²) in [7, 11) is 0. The molecule has 1 aliphatic carbocycles. The van der Waals surface area contributed by atoms with Crippen molar-refractivity contribution in [3.05, 3.63) is 47.7 Å². The fraction of sp³-hybridized carbons (Fsp3) is 0.500. The number of hydrogen-bond acceptors (Lipinski definition) is 5. The summed E-state index contributed by atoms with van der Waals surface area (Å²) in [5, 5.41) is 0. The Bertz CT molecular complexity index is 913. The van der Waals surface area contributed by atoms with Gasteiger partial charge < -0.3 is 0 Å². The second-order valence-corrected chi connectivity index (χ2v) is 8.26. The third-order valence-corrected chi connectivity index (χ3v) is 6.13. The number of aryl methyl sites for hydroxylation is 2. The summed E-state index contributed by atoms with van der Waals surface area (Å²) < 4.78 is 0. The Kier molecular flexibility index (Phi) is 4.96. The molecule has 6 nitrogen and oxygen atoms in total. The summed E-state index contributed by atoms with van der Waals surface area (Å²) in [5.74, 6) is 1.11. The lowest BCUT2D eigenvalue weighted by Gasteiger charge is -2.36. The molecule has 28 heavy (non-hydrogen) atoms. The number of Topliss-reactive ketones (excluding diaryl/α,β-unsaturated/α-hetero) is 1. The average molecular weight is 378 g/mol. The van der Waals surface area contributed by atoms with Crippen LogP contribution < -0.4 is 4.90 Å². The van der Waals surface area contributed by atoms with Crippen LogP contribution in [-0.4, -0.2) is 33.2 Å². The summed E-state index contributed by atoms with van der Waals surface area (Å²) in [6.07, 6.45) is 8.31. The summed E-state index contributed by atoms with van der Waals surface area (Å²) >= 11 is 0. The van der Waals surface area contributed by atoms with Gasteiger partial charge in [0, 0.05) is 24.9 Å². The van der Waals surface area contributed by atoms with Crippen LogP contribution in [0.4, 0.5) is 5.82 Å². The first-order valence-corrected chi connectivity index (χ1v) is 10.0. The maximum Gasteiger partial charge on any atom is 0.234 e. The van der Waals surface area contributed by atoms with Crippen molar-refractivity contribution >= 4 is 17.5 Å². The number of nitrogens with zero attached hydrogens (tertiary/aromatic N) is 4. The smallest absolute Gasteiger partial charge is 0.234 e. The molecule has 0 aromatic carbocycles. The highest BCUT2D eigenvalue weighted by Crippen LogP contribution is 2.48.